The summed E-state index contributed by atoms with van der Waals surface area (Å²) in [6, 6.07) is 14.2. The van der Waals surface area contributed by atoms with Crippen LogP contribution >= 0.6 is 11.6 Å². The van der Waals surface area contributed by atoms with Gasteiger partial charge < -0.3 is 14.7 Å². The fourth-order valence-electron chi connectivity index (χ4n) is 4.40. The minimum Gasteiger partial charge on any atom is -0.502 e. The smallest absolute Gasteiger partial charge is 0.278 e. The summed E-state index contributed by atoms with van der Waals surface area (Å²) in [5.41, 5.74) is 2.19. The molecule has 1 aromatic heterocycles. The van der Waals surface area contributed by atoms with Crippen LogP contribution in [0.5, 0.6) is 11.5 Å². The van der Waals surface area contributed by atoms with Gasteiger partial charge in [0.1, 0.15) is 25.1 Å². The Morgan fingerprint density at radius 2 is 1.88 bits per heavy atom. The first-order valence-electron chi connectivity index (χ1n) is 10.4. The normalized spacial score (nSPS) is 17.4. The number of halogens is 1. The molecule has 0 spiro atoms. The Hall–Kier alpha value is -3.45. The van der Waals surface area contributed by atoms with Crippen LogP contribution in [-0.2, 0) is 6.61 Å². The molecule has 0 saturated carbocycles. The summed E-state index contributed by atoms with van der Waals surface area (Å²) in [5.74, 6) is -0.260. The molecule has 164 valence electrons. The van der Waals surface area contributed by atoms with Gasteiger partial charge in [-0.05, 0) is 43.2 Å². The van der Waals surface area contributed by atoms with Crippen molar-refractivity contribution in [3.05, 3.63) is 92.4 Å². The zero-order valence-electron chi connectivity index (χ0n) is 17.7. The van der Waals surface area contributed by atoms with Crippen molar-refractivity contribution in [2.75, 3.05) is 11.7 Å². The molecule has 2 aliphatic rings. The van der Waals surface area contributed by atoms with Gasteiger partial charge in [-0.15, -0.1) is 0 Å². The molecule has 0 fully saturated rings. The number of ether oxygens (including phenoxy) is 1. The lowest BCUT2D eigenvalue weighted by atomic mass is 9.94. The third kappa shape index (κ3) is 3.12. The van der Waals surface area contributed by atoms with Crippen molar-refractivity contribution < 1.29 is 14.6 Å². The largest absolute Gasteiger partial charge is 0.502 e. The van der Waals surface area contributed by atoms with E-state index in [4.69, 9.17) is 16.3 Å². The van der Waals surface area contributed by atoms with E-state index in [1.54, 1.807) is 15.6 Å². The monoisotopic (exact) mass is 451 g/mol. The van der Waals surface area contributed by atoms with Crippen LogP contribution in [0.2, 0.25) is 5.02 Å². The lowest BCUT2D eigenvalue weighted by Crippen LogP contribution is -2.57. The number of aromatic nitrogens is 1. The highest BCUT2D eigenvalue weighted by molar-refractivity contribution is 6.30. The van der Waals surface area contributed by atoms with Gasteiger partial charge in [-0.3, -0.25) is 19.3 Å². The number of amides is 1. The Morgan fingerprint density at radius 1 is 1.09 bits per heavy atom. The molecule has 3 aromatic rings. The Balaban J connectivity index is 1.80. The first-order chi connectivity index (χ1) is 15.4. The van der Waals surface area contributed by atoms with E-state index in [0.717, 1.165) is 16.7 Å². The number of aromatic hydroxyl groups is 1. The third-order valence-corrected chi connectivity index (χ3v) is 6.25. The van der Waals surface area contributed by atoms with Gasteiger partial charge in [-0.25, -0.2) is 0 Å². The molecule has 0 aliphatic carbocycles. The maximum atomic E-state index is 13.2. The first-order valence-corrected chi connectivity index (χ1v) is 10.8. The van der Waals surface area contributed by atoms with Crippen molar-refractivity contribution in [1.82, 2.24) is 9.58 Å². The molecular weight excluding hydrogens is 430 g/mol. The Morgan fingerprint density at radius 3 is 2.66 bits per heavy atom. The van der Waals surface area contributed by atoms with Crippen molar-refractivity contribution >= 4 is 17.5 Å². The van der Waals surface area contributed by atoms with Crippen LogP contribution in [0.25, 0.3) is 0 Å². The van der Waals surface area contributed by atoms with Gasteiger partial charge >= 0.3 is 0 Å². The number of carbonyl (C=O) groups is 1. The highest BCUT2D eigenvalue weighted by Gasteiger charge is 2.39. The Bertz CT molecular complexity index is 1290. The topological polar surface area (TPSA) is 75.0 Å². The molecule has 8 heteroatoms. The van der Waals surface area contributed by atoms with E-state index >= 15 is 0 Å². The summed E-state index contributed by atoms with van der Waals surface area (Å²) in [7, 11) is 0. The maximum Gasteiger partial charge on any atom is 0.278 e. The molecule has 0 saturated heterocycles. The van der Waals surface area contributed by atoms with Gasteiger partial charge in [0.25, 0.3) is 5.91 Å². The first kappa shape index (κ1) is 20.5. The Kier molecular flexibility index (Phi) is 4.86. The summed E-state index contributed by atoms with van der Waals surface area (Å²) >= 11 is 6.38. The van der Waals surface area contributed by atoms with Crippen LogP contribution in [0.4, 0.5) is 0 Å². The number of fused-ring (bicyclic) bond motifs is 3. The summed E-state index contributed by atoms with van der Waals surface area (Å²) in [5, 5.41) is 13.1. The molecule has 1 amide bonds. The van der Waals surface area contributed by atoms with Crippen LogP contribution in [0, 0.1) is 0 Å². The van der Waals surface area contributed by atoms with Gasteiger partial charge in [0.2, 0.25) is 5.43 Å². The van der Waals surface area contributed by atoms with E-state index < -0.39 is 17.1 Å². The third-order valence-electron chi connectivity index (χ3n) is 6.01. The lowest BCUT2D eigenvalue weighted by Gasteiger charge is -2.45. The number of carbonyl (C=O) groups excluding carboxylic acids is 1. The number of hydrogen-bond donors (Lipinski definition) is 1. The number of nitrogens with zero attached hydrogens (tertiary/aromatic N) is 3. The molecule has 3 heterocycles. The van der Waals surface area contributed by atoms with Crippen LogP contribution in [0.15, 0.2) is 59.5 Å². The quantitative estimate of drug-likeness (QED) is 0.643. The molecule has 1 N–H and O–H groups in total. The van der Waals surface area contributed by atoms with Crippen molar-refractivity contribution in [3.8, 4) is 11.5 Å². The molecule has 2 aromatic carbocycles. The van der Waals surface area contributed by atoms with Crippen LogP contribution in [0.1, 0.15) is 47.1 Å². The van der Waals surface area contributed by atoms with Gasteiger partial charge in [-0.2, -0.15) is 0 Å². The number of hydrogen-bond acceptors (Lipinski definition) is 5. The van der Waals surface area contributed by atoms with Gasteiger partial charge in [0.15, 0.2) is 11.4 Å². The molecule has 7 nitrogen and oxygen atoms in total. The van der Waals surface area contributed by atoms with Crippen molar-refractivity contribution in [2.45, 2.75) is 32.5 Å². The number of rotatable bonds is 2. The fourth-order valence-corrected chi connectivity index (χ4v) is 4.58. The van der Waals surface area contributed by atoms with Crippen molar-refractivity contribution in [1.29, 1.82) is 0 Å². The van der Waals surface area contributed by atoms with Gasteiger partial charge in [0, 0.05) is 28.9 Å². The fraction of sp³-hybridized carbons (Fsp3) is 0.250. The van der Waals surface area contributed by atoms with Gasteiger partial charge in [0.05, 0.1) is 0 Å². The predicted molar refractivity (Wildman–Crippen MR) is 121 cm³/mol. The molecular formula is C24H22ClN3O4. The molecule has 1 atom stereocenters. The molecule has 1 unspecified atom stereocenters. The SMILES string of the molecule is CC(C)N1CN(C2c3ccccc3COc3ccc(Cl)cc32)n2ccc(=O)c(O)c2C1=O. The van der Waals surface area contributed by atoms with E-state index in [1.807, 2.05) is 55.3 Å². The second-order valence-corrected chi connectivity index (χ2v) is 8.68. The summed E-state index contributed by atoms with van der Waals surface area (Å²) in [4.78, 5) is 27.0. The molecule has 0 radical (unpaired) electrons. The van der Waals surface area contributed by atoms with E-state index in [9.17, 15) is 14.7 Å². The minimum atomic E-state index is -0.594. The summed E-state index contributed by atoms with van der Waals surface area (Å²) < 4.78 is 7.68. The highest BCUT2D eigenvalue weighted by atomic mass is 35.5. The average molecular weight is 452 g/mol. The minimum absolute atomic E-state index is 0.0522. The number of pyridine rings is 1. The standard InChI is InChI=1S/C24H22ClN3O4/c1-14(2)26-13-28(27-10-9-19(29)23(30)22(27)24(26)31)21-17-6-4-3-5-15(17)12-32-20-8-7-16(25)11-18(20)21/h3-11,14,21,30H,12-13H2,1-2H3. The van der Waals surface area contributed by atoms with E-state index in [1.165, 1.54) is 12.3 Å². The summed E-state index contributed by atoms with van der Waals surface area (Å²) in [6.07, 6.45) is 1.53. The zero-order valence-corrected chi connectivity index (χ0v) is 18.4. The van der Waals surface area contributed by atoms with Crippen LogP contribution < -0.4 is 15.2 Å². The maximum absolute atomic E-state index is 13.2. The van der Waals surface area contributed by atoms with Crippen LogP contribution in [-0.4, -0.2) is 33.3 Å². The van der Waals surface area contributed by atoms with Crippen molar-refractivity contribution in [2.24, 2.45) is 0 Å². The van der Waals surface area contributed by atoms with E-state index in [0.29, 0.717) is 17.4 Å². The van der Waals surface area contributed by atoms with Gasteiger partial charge in [-0.1, -0.05) is 35.9 Å². The molecule has 2 aliphatic heterocycles. The van der Waals surface area contributed by atoms with Crippen LogP contribution in [0.3, 0.4) is 0 Å². The van der Waals surface area contributed by atoms with E-state index in [-0.39, 0.29) is 24.4 Å². The molecule has 0 bridgehead atoms. The number of benzene rings is 2. The second kappa shape index (κ2) is 7.60. The lowest BCUT2D eigenvalue weighted by molar-refractivity contribution is 0.0621. The second-order valence-electron chi connectivity index (χ2n) is 8.24. The zero-order chi connectivity index (χ0) is 22.6. The Labute approximate surface area is 190 Å². The van der Waals surface area contributed by atoms with E-state index in [2.05, 4.69) is 0 Å². The molecule has 32 heavy (non-hydrogen) atoms. The summed E-state index contributed by atoms with van der Waals surface area (Å²) in [6.45, 7) is 4.44. The molecule has 5 rings (SSSR count). The predicted octanol–water partition coefficient (Wildman–Crippen LogP) is 3.65. The van der Waals surface area contributed by atoms with Crippen molar-refractivity contribution in [3.63, 3.8) is 0 Å². The average Bonchev–Trinajstić information content (AvgIpc) is 2.93. The highest BCUT2D eigenvalue weighted by Crippen LogP contribution is 2.41.